The summed E-state index contributed by atoms with van der Waals surface area (Å²) >= 11 is 0.921. The Morgan fingerprint density at radius 2 is 1.84 bits per heavy atom. The molecule has 1 unspecified atom stereocenters. The van der Waals surface area contributed by atoms with Gasteiger partial charge in [-0.1, -0.05) is 42.2 Å². The zero-order valence-electron chi connectivity index (χ0n) is 21.3. The van der Waals surface area contributed by atoms with Crippen LogP contribution in [0.15, 0.2) is 60.7 Å². The van der Waals surface area contributed by atoms with E-state index in [4.69, 9.17) is 14.2 Å². The van der Waals surface area contributed by atoms with Crippen LogP contribution < -0.4 is 14.4 Å². The number of aliphatic hydroxyl groups is 1. The van der Waals surface area contributed by atoms with Crippen molar-refractivity contribution in [2.75, 3.05) is 25.7 Å². The number of hydrogen-bond donors (Lipinski definition) is 1. The summed E-state index contributed by atoms with van der Waals surface area (Å²) in [5.74, 6) is -1.75. The number of methoxy groups -OCH3 is 2. The number of Topliss-reactive ketones (excluding diaryl/α,β-unsaturated/α-hetero) is 1. The number of aromatic nitrogens is 1. The van der Waals surface area contributed by atoms with Gasteiger partial charge in [0.2, 0.25) is 0 Å². The van der Waals surface area contributed by atoms with Crippen molar-refractivity contribution in [3.63, 3.8) is 0 Å². The van der Waals surface area contributed by atoms with Crippen LogP contribution in [0.25, 0.3) is 5.76 Å². The van der Waals surface area contributed by atoms with Crippen molar-refractivity contribution in [3.8, 4) is 11.5 Å². The van der Waals surface area contributed by atoms with E-state index < -0.39 is 23.7 Å². The Kier molecular flexibility index (Phi) is 7.63. The maximum atomic E-state index is 13.5. The third kappa shape index (κ3) is 4.66. The van der Waals surface area contributed by atoms with E-state index in [-0.39, 0.29) is 27.9 Å². The van der Waals surface area contributed by atoms with Crippen molar-refractivity contribution in [1.29, 1.82) is 0 Å². The summed E-state index contributed by atoms with van der Waals surface area (Å²) in [5, 5.41) is 11.5. The van der Waals surface area contributed by atoms with E-state index in [9.17, 15) is 19.5 Å². The summed E-state index contributed by atoms with van der Waals surface area (Å²) in [4.78, 5) is 45.3. The second-order valence-electron chi connectivity index (χ2n) is 8.39. The fourth-order valence-electron chi connectivity index (χ4n) is 4.27. The van der Waals surface area contributed by atoms with Crippen molar-refractivity contribution in [1.82, 2.24) is 4.98 Å². The lowest BCUT2D eigenvalue weighted by atomic mass is 9.94. The first-order valence-corrected chi connectivity index (χ1v) is 12.4. The van der Waals surface area contributed by atoms with Crippen LogP contribution in [-0.4, -0.2) is 48.6 Å². The fourth-order valence-corrected chi connectivity index (χ4v) is 5.26. The molecule has 1 aliphatic rings. The van der Waals surface area contributed by atoms with Gasteiger partial charge < -0.3 is 19.3 Å². The predicted molar refractivity (Wildman–Crippen MR) is 143 cm³/mol. The van der Waals surface area contributed by atoms with Gasteiger partial charge in [-0.3, -0.25) is 14.5 Å². The zero-order chi connectivity index (χ0) is 27.6. The molecule has 1 aromatic heterocycles. The van der Waals surface area contributed by atoms with Gasteiger partial charge in [0.25, 0.3) is 5.78 Å². The molecule has 9 nitrogen and oxygen atoms in total. The monoisotopic (exact) mass is 534 g/mol. The Bertz CT molecular complexity index is 1470. The van der Waals surface area contributed by atoms with Gasteiger partial charge in [-0.05, 0) is 43.7 Å². The topological polar surface area (TPSA) is 115 Å². The molecule has 3 aromatic rings. The lowest BCUT2D eigenvalue weighted by Gasteiger charge is -2.24. The quantitative estimate of drug-likeness (QED) is 0.145. The second kappa shape index (κ2) is 10.9. The van der Waals surface area contributed by atoms with Crippen molar-refractivity contribution in [3.05, 3.63) is 88.0 Å². The lowest BCUT2D eigenvalue weighted by molar-refractivity contribution is -0.132. The molecule has 1 aliphatic heterocycles. The fraction of sp³-hybridized carbons (Fsp3) is 0.214. The molecule has 0 spiro atoms. The maximum Gasteiger partial charge on any atom is 0.350 e. The number of carbonyl (C=O) groups excluding carboxylic acids is 3. The molecular formula is C28H26N2O7S. The minimum Gasteiger partial charge on any atom is -0.507 e. The van der Waals surface area contributed by atoms with E-state index in [1.807, 2.05) is 0 Å². The number of esters is 1. The van der Waals surface area contributed by atoms with E-state index in [1.165, 1.54) is 25.2 Å². The first-order valence-electron chi connectivity index (χ1n) is 11.6. The van der Waals surface area contributed by atoms with E-state index in [0.29, 0.717) is 28.3 Å². The van der Waals surface area contributed by atoms with Crippen molar-refractivity contribution < 1.29 is 33.7 Å². The number of thiazole rings is 1. The molecule has 0 saturated carbocycles. The van der Waals surface area contributed by atoms with E-state index >= 15 is 0 Å². The first-order chi connectivity index (χ1) is 18.2. The molecule has 1 saturated heterocycles. The van der Waals surface area contributed by atoms with Gasteiger partial charge in [0.1, 0.15) is 34.8 Å². The number of para-hydroxylation sites is 1. The van der Waals surface area contributed by atoms with Crippen molar-refractivity contribution in [2.24, 2.45) is 0 Å². The highest BCUT2D eigenvalue weighted by molar-refractivity contribution is 7.17. The number of anilines is 1. The van der Waals surface area contributed by atoms with Gasteiger partial charge in [0, 0.05) is 11.1 Å². The molecule has 1 amide bonds. The molecular weight excluding hydrogens is 508 g/mol. The summed E-state index contributed by atoms with van der Waals surface area (Å²) in [7, 11) is 3.01. The maximum absolute atomic E-state index is 13.5. The third-order valence-electron chi connectivity index (χ3n) is 6.06. The van der Waals surface area contributed by atoms with Gasteiger partial charge in [-0.2, -0.15) is 0 Å². The van der Waals surface area contributed by atoms with Gasteiger partial charge in [-0.25, -0.2) is 9.78 Å². The van der Waals surface area contributed by atoms with E-state index in [1.54, 1.807) is 56.3 Å². The first kappa shape index (κ1) is 26.6. The van der Waals surface area contributed by atoms with Crippen molar-refractivity contribution in [2.45, 2.75) is 19.9 Å². The van der Waals surface area contributed by atoms with Crippen LogP contribution in [0.1, 0.15) is 38.1 Å². The number of benzene rings is 2. The normalized spacial score (nSPS) is 16.4. The van der Waals surface area contributed by atoms with Crippen LogP contribution in [0.2, 0.25) is 0 Å². The summed E-state index contributed by atoms with van der Waals surface area (Å²) in [6.07, 6.45) is 1.44. The lowest BCUT2D eigenvalue weighted by Crippen LogP contribution is -2.29. The van der Waals surface area contributed by atoms with E-state index in [0.717, 1.165) is 16.9 Å². The molecule has 1 N–H and O–H groups in total. The summed E-state index contributed by atoms with van der Waals surface area (Å²) in [6, 6.07) is 10.8. The number of carbonyl (C=O) groups is 3. The molecule has 196 valence electrons. The highest BCUT2D eigenvalue weighted by Crippen LogP contribution is 2.46. The zero-order valence-corrected chi connectivity index (χ0v) is 22.1. The number of ketones is 1. The summed E-state index contributed by atoms with van der Waals surface area (Å²) < 4.78 is 16.0. The van der Waals surface area contributed by atoms with Crippen molar-refractivity contribution >= 4 is 39.9 Å². The molecule has 38 heavy (non-hydrogen) atoms. The molecule has 1 atom stereocenters. The smallest absolute Gasteiger partial charge is 0.350 e. The summed E-state index contributed by atoms with van der Waals surface area (Å²) in [6.45, 7) is 6.96. The highest BCUT2D eigenvalue weighted by atomic mass is 32.1. The number of nitrogens with zero attached hydrogens (tertiary/aromatic N) is 2. The summed E-state index contributed by atoms with van der Waals surface area (Å²) in [5.41, 5.74) is 1.74. The minimum atomic E-state index is -1.07. The molecule has 4 rings (SSSR count). The number of rotatable bonds is 8. The number of aliphatic hydroxyl groups excluding tert-OH is 1. The average molecular weight is 535 g/mol. The molecule has 10 heteroatoms. The van der Waals surface area contributed by atoms with Crippen LogP contribution in [0, 0.1) is 13.8 Å². The third-order valence-corrected chi connectivity index (χ3v) is 7.19. The minimum absolute atomic E-state index is 0.0124. The predicted octanol–water partition coefficient (Wildman–Crippen LogP) is 4.75. The van der Waals surface area contributed by atoms with Crippen LogP contribution in [0.4, 0.5) is 5.13 Å². The standard InChI is InChI=1S/C28H26N2O7S/c1-6-13-37-27(34)25-16(3)29-28(38-25)30-22(18-9-7-8-10-20(18)36-5)21(24(32)26(30)33)23(31)17-11-12-19(35-4)15(2)14-17/h6-12,14,22,31H,1,13H2,2-5H3. The van der Waals surface area contributed by atoms with Gasteiger partial charge in [0.15, 0.2) is 5.13 Å². The Morgan fingerprint density at radius 1 is 1.13 bits per heavy atom. The molecule has 2 aromatic carbocycles. The SMILES string of the molecule is C=CCOC(=O)c1sc(N2C(=O)C(=O)C(=C(O)c3ccc(OC)c(C)c3)C2c2ccccc2OC)nc1C. The second-order valence-corrected chi connectivity index (χ2v) is 9.37. The Labute approximate surface area is 223 Å². The van der Waals surface area contributed by atoms with Crippen LogP contribution >= 0.6 is 11.3 Å². The Morgan fingerprint density at radius 3 is 2.50 bits per heavy atom. The van der Waals surface area contributed by atoms with Crippen LogP contribution in [0.3, 0.4) is 0 Å². The largest absolute Gasteiger partial charge is 0.507 e. The van der Waals surface area contributed by atoms with Gasteiger partial charge in [0.05, 0.1) is 25.5 Å². The number of amides is 1. The van der Waals surface area contributed by atoms with Gasteiger partial charge >= 0.3 is 11.9 Å². The molecule has 0 radical (unpaired) electrons. The van der Waals surface area contributed by atoms with E-state index in [2.05, 4.69) is 11.6 Å². The van der Waals surface area contributed by atoms with Gasteiger partial charge in [-0.15, -0.1) is 0 Å². The van der Waals surface area contributed by atoms with Crippen LogP contribution in [0.5, 0.6) is 11.5 Å². The average Bonchev–Trinajstić information content (AvgIpc) is 3.43. The number of hydrogen-bond acceptors (Lipinski definition) is 9. The molecule has 1 fully saturated rings. The van der Waals surface area contributed by atoms with Crippen LogP contribution in [-0.2, 0) is 14.3 Å². The molecule has 2 heterocycles. The number of ether oxygens (including phenoxy) is 3. The molecule has 0 aliphatic carbocycles. The molecule has 0 bridgehead atoms. The Hall–Kier alpha value is -4.44. The Balaban J connectivity index is 1.93. The highest BCUT2D eigenvalue weighted by Gasteiger charge is 2.49. The number of aryl methyl sites for hydroxylation is 2.